The van der Waals surface area contributed by atoms with Crippen molar-refractivity contribution in [2.24, 2.45) is 7.05 Å². The molecule has 2 unspecified atom stereocenters. The van der Waals surface area contributed by atoms with Gasteiger partial charge in [-0.1, -0.05) is 6.92 Å². The molecular weight excluding hydrogens is 286 g/mol. The van der Waals surface area contributed by atoms with E-state index in [0.717, 1.165) is 5.69 Å². The van der Waals surface area contributed by atoms with Crippen LogP contribution in [0.15, 0.2) is 47.5 Å². The van der Waals surface area contributed by atoms with Crippen LogP contribution in [0.5, 0.6) is 5.75 Å². The van der Waals surface area contributed by atoms with Crippen LogP contribution in [0.1, 0.15) is 25.0 Å². The molecule has 2 rings (SSSR count). The van der Waals surface area contributed by atoms with Crippen LogP contribution in [0, 0.1) is 0 Å². The topological polar surface area (TPSA) is 54.3 Å². The Morgan fingerprint density at radius 1 is 1.33 bits per heavy atom. The molecule has 2 atom stereocenters. The molecule has 0 aliphatic carbocycles. The maximum Gasteiger partial charge on any atom is 0.320 e. The molecule has 0 aliphatic rings. The zero-order valence-electron chi connectivity index (χ0n) is 12.4. The van der Waals surface area contributed by atoms with Crippen LogP contribution < -0.4 is 4.74 Å². The predicted octanol–water partition coefficient (Wildman–Crippen LogP) is 2.86. The van der Waals surface area contributed by atoms with Gasteiger partial charge < -0.3 is 13.9 Å². The zero-order chi connectivity index (χ0) is 15.4. The third-order valence-corrected chi connectivity index (χ3v) is 4.34. The molecule has 1 aromatic carbocycles. The van der Waals surface area contributed by atoms with E-state index in [-0.39, 0.29) is 11.9 Å². The second-order valence-corrected chi connectivity index (χ2v) is 6.23. The fourth-order valence-electron chi connectivity index (χ4n) is 2.22. The maximum absolute atomic E-state index is 12.3. The quantitative estimate of drug-likeness (QED) is 0.485. The molecule has 0 fully saturated rings. The van der Waals surface area contributed by atoms with E-state index >= 15 is 0 Å². The third kappa shape index (κ3) is 3.68. The summed E-state index contributed by atoms with van der Waals surface area (Å²) < 4.78 is 18.7. The van der Waals surface area contributed by atoms with Crippen molar-refractivity contribution in [1.82, 2.24) is 4.57 Å². The number of ether oxygens (including phenoxy) is 1. The Balaban J connectivity index is 2.11. The number of hydrogen-bond donors (Lipinski definition) is 0. The summed E-state index contributed by atoms with van der Waals surface area (Å²) in [6.07, 6.45) is 4.20. The molecule has 4 nitrogen and oxygen atoms in total. The fraction of sp³-hybridized carbons (Fsp3) is 0.312. The van der Waals surface area contributed by atoms with Crippen LogP contribution in [0.4, 0.5) is 0 Å². The molecule has 0 bridgehead atoms. The van der Waals surface area contributed by atoms with Gasteiger partial charge in [0.25, 0.3) is 0 Å². The number of aromatic nitrogens is 1. The summed E-state index contributed by atoms with van der Waals surface area (Å²) in [5.41, 5.74) is 0.939. The number of nitrogens with zero attached hydrogens (tertiary/aromatic N) is 1. The van der Waals surface area contributed by atoms with Crippen LogP contribution in [-0.4, -0.2) is 21.3 Å². The summed E-state index contributed by atoms with van der Waals surface area (Å²) in [4.78, 5) is 13.0. The molecule has 112 valence electrons. The van der Waals surface area contributed by atoms with Crippen molar-refractivity contribution in [2.75, 3.05) is 6.26 Å². The number of rotatable bonds is 5. The Morgan fingerprint density at radius 2 is 2.00 bits per heavy atom. The summed E-state index contributed by atoms with van der Waals surface area (Å²) >= 11 is -1.03. The van der Waals surface area contributed by atoms with Crippen LogP contribution in [-0.2, 0) is 23.0 Å². The van der Waals surface area contributed by atoms with Crippen molar-refractivity contribution < 1.29 is 14.1 Å². The number of benzene rings is 1. The number of carbonyl (C=O) groups is 1. The molecule has 0 aliphatic heterocycles. The van der Waals surface area contributed by atoms with Gasteiger partial charge in [0, 0.05) is 18.9 Å². The molecule has 0 amide bonds. The third-order valence-electron chi connectivity index (χ3n) is 3.41. The highest BCUT2D eigenvalue weighted by atomic mass is 32.2. The standard InChI is InChI=1S/C16H19NO3S/c1-4-14(15-6-5-11-17(15)2)16(18)20-12-7-9-13(10-8-12)21(3)19/h5-11,14H,4H2,1-3H3. The summed E-state index contributed by atoms with van der Waals surface area (Å²) in [7, 11) is 1.91. The minimum atomic E-state index is -1.03. The normalized spacial score (nSPS) is 13.7. The number of aryl methyl sites for hydroxylation is 1. The molecule has 0 saturated carbocycles. The molecule has 1 heterocycles. The van der Waals surface area contributed by atoms with E-state index in [9.17, 15) is 9.35 Å². The van der Waals surface area contributed by atoms with Gasteiger partial charge in [0.05, 0.1) is 5.92 Å². The first-order valence-corrected chi connectivity index (χ1v) is 8.35. The van der Waals surface area contributed by atoms with E-state index < -0.39 is 11.2 Å². The first-order chi connectivity index (χ1) is 10.0. The summed E-state index contributed by atoms with van der Waals surface area (Å²) in [6.45, 7) is 1.96. The monoisotopic (exact) mass is 305 g/mol. The minimum absolute atomic E-state index is 0.273. The zero-order valence-corrected chi connectivity index (χ0v) is 13.2. The fourth-order valence-corrected chi connectivity index (χ4v) is 2.74. The van der Waals surface area contributed by atoms with Crippen LogP contribution >= 0.6 is 0 Å². The average Bonchev–Trinajstić information content (AvgIpc) is 2.86. The van der Waals surface area contributed by atoms with Gasteiger partial charge in [-0.05, 0) is 54.0 Å². The predicted molar refractivity (Wildman–Crippen MR) is 82.9 cm³/mol. The summed E-state index contributed by atoms with van der Waals surface area (Å²) in [6, 6.07) is 10.6. The molecule has 0 spiro atoms. The average molecular weight is 305 g/mol. The Morgan fingerprint density at radius 3 is 2.48 bits per heavy atom. The van der Waals surface area contributed by atoms with Gasteiger partial charge in [0.15, 0.2) is 4.90 Å². The molecule has 0 radical (unpaired) electrons. The van der Waals surface area contributed by atoms with E-state index in [1.165, 1.54) is 0 Å². The van der Waals surface area contributed by atoms with Crippen LogP contribution in [0.2, 0.25) is 0 Å². The largest absolute Gasteiger partial charge is 0.612 e. The number of hydrogen-bond acceptors (Lipinski definition) is 3. The Hall–Kier alpha value is -1.72. The number of carbonyl (C=O) groups excluding carboxylic acids is 1. The smallest absolute Gasteiger partial charge is 0.320 e. The van der Waals surface area contributed by atoms with E-state index in [0.29, 0.717) is 17.1 Å². The second kappa shape index (κ2) is 6.83. The molecular formula is C16H19NO3S. The van der Waals surface area contributed by atoms with Crippen LogP contribution in [0.3, 0.4) is 0 Å². The van der Waals surface area contributed by atoms with Crippen molar-refractivity contribution in [3.8, 4) is 5.75 Å². The summed E-state index contributed by atoms with van der Waals surface area (Å²) in [5, 5.41) is 0. The van der Waals surface area contributed by atoms with E-state index in [1.807, 2.05) is 36.9 Å². The van der Waals surface area contributed by atoms with Crippen molar-refractivity contribution in [1.29, 1.82) is 0 Å². The van der Waals surface area contributed by atoms with Crippen molar-refractivity contribution in [2.45, 2.75) is 24.2 Å². The van der Waals surface area contributed by atoms with Gasteiger partial charge in [0.2, 0.25) is 0 Å². The lowest BCUT2D eigenvalue weighted by Crippen LogP contribution is -2.20. The Bertz CT molecular complexity index is 604. The molecule has 1 aromatic heterocycles. The van der Waals surface area contributed by atoms with Crippen molar-refractivity contribution >= 4 is 17.1 Å². The van der Waals surface area contributed by atoms with Gasteiger partial charge in [-0.25, -0.2) is 0 Å². The lowest BCUT2D eigenvalue weighted by molar-refractivity contribution is -0.136. The lowest BCUT2D eigenvalue weighted by Gasteiger charge is -2.15. The Labute approximate surface area is 127 Å². The highest BCUT2D eigenvalue weighted by Gasteiger charge is 2.23. The number of esters is 1. The van der Waals surface area contributed by atoms with Gasteiger partial charge >= 0.3 is 5.97 Å². The van der Waals surface area contributed by atoms with Crippen LogP contribution in [0.25, 0.3) is 0 Å². The minimum Gasteiger partial charge on any atom is -0.612 e. The van der Waals surface area contributed by atoms with Crippen molar-refractivity contribution in [3.05, 3.63) is 48.3 Å². The van der Waals surface area contributed by atoms with E-state index in [4.69, 9.17) is 4.74 Å². The van der Waals surface area contributed by atoms with Gasteiger partial charge in [0.1, 0.15) is 12.0 Å². The second-order valence-electron chi connectivity index (χ2n) is 4.85. The highest BCUT2D eigenvalue weighted by Crippen LogP contribution is 2.23. The molecule has 5 heteroatoms. The molecule has 21 heavy (non-hydrogen) atoms. The summed E-state index contributed by atoms with van der Waals surface area (Å²) in [5.74, 6) is -0.0866. The van der Waals surface area contributed by atoms with Gasteiger partial charge in [-0.15, -0.1) is 0 Å². The maximum atomic E-state index is 12.3. The highest BCUT2D eigenvalue weighted by molar-refractivity contribution is 7.90. The van der Waals surface area contributed by atoms with Gasteiger partial charge in [-0.3, -0.25) is 4.79 Å². The molecule has 0 saturated heterocycles. The first-order valence-electron chi connectivity index (χ1n) is 6.79. The first kappa shape index (κ1) is 15.7. The van der Waals surface area contributed by atoms with Gasteiger partial charge in [-0.2, -0.15) is 0 Å². The molecule has 0 N–H and O–H groups in total. The van der Waals surface area contributed by atoms with Crippen molar-refractivity contribution in [3.63, 3.8) is 0 Å². The van der Waals surface area contributed by atoms with E-state index in [1.54, 1.807) is 30.5 Å². The van der Waals surface area contributed by atoms with E-state index in [2.05, 4.69) is 0 Å². The Kier molecular flexibility index (Phi) is 5.09. The lowest BCUT2D eigenvalue weighted by atomic mass is 10.0. The SMILES string of the molecule is CCC(C(=O)Oc1ccc([S+](C)[O-])cc1)c1cccn1C. The molecule has 2 aromatic rings.